The first-order valence-corrected chi connectivity index (χ1v) is 7.81. The van der Waals surface area contributed by atoms with Crippen molar-refractivity contribution in [2.75, 3.05) is 13.2 Å². The Hall–Kier alpha value is 0.160. The molecule has 0 aromatic carbocycles. The fraction of sp³-hybridized carbons (Fsp3) is 1.00. The molecular weight excluding hydrogens is 250 g/mol. The predicted octanol–water partition coefficient (Wildman–Crippen LogP) is 1.24. The molecule has 16 heavy (non-hydrogen) atoms. The molecule has 4 nitrogen and oxygen atoms in total. The van der Waals surface area contributed by atoms with Crippen molar-refractivity contribution in [3.8, 4) is 0 Å². The van der Waals surface area contributed by atoms with Crippen molar-refractivity contribution in [1.82, 2.24) is 4.72 Å². The summed E-state index contributed by atoms with van der Waals surface area (Å²) in [6.45, 7) is 1.08. The Bertz CT molecular complexity index is 327. The van der Waals surface area contributed by atoms with Crippen LogP contribution < -0.4 is 4.72 Å². The van der Waals surface area contributed by atoms with E-state index in [1.807, 2.05) is 0 Å². The van der Waals surface area contributed by atoms with Crippen molar-refractivity contribution in [3.63, 3.8) is 0 Å². The highest BCUT2D eigenvalue weighted by atomic mass is 35.5. The predicted molar refractivity (Wildman–Crippen MR) is 63.2 cm³/mol. The molecule has 0 aromatic rings. The molecule has 0 radical (unpaired) electrons. The summed E-state index contributed by atoms with van der Waals surface area (Å²) in [6, 6.07) is -0.0745. The summed E-state index contributed by atoms with van der Waals surface area (Å²) in [5.41, 5.74) is 0. The molecule has 2 fully saturated rings. The maximum atomic E-state index is 12.1. The fourth-order valence-corrected chi connectivity index (χ4v) is 4.47. The number of sulfonamides is 1. The van der Waals surface area contributed by atoms with E-state index in [4.69, 9.17) is 16.3 Å². The number of alkyl halides is 1. The zero-order chi connectivity index (χ0) is 11.6. The van der Waals surface area contributed by atoms with Gasteiger partial charge in [-0.25, -0.2) is 13.1 Å². The van der Waals surface area contributed by atoms with E-state index in [0.29, 0.717) is 26.1 Å². The third-order valence-corrected chi connectivity index (χ3v) is 5.86. The average molecular weight is 268 g/mol. The van der Waals surface area contributed by atoms with Crippen LogP contribution in [0.15, 0.2) is 0 Å². The molecule has 94 valence electrons. The first kappa shape index (κ1) is 12.6. The van der Waals surface area contributed by atoms with Crippen LogP contribution >= 0.6 is 11.6 Å². The van der Waals surface area contributed by atoms with Gasteiger partial charge in [-0.05, 0) is 25.7 Å². The van der Waals surface area contributed by atoms with Crippen molar-refractivity contribution < 1.29 is 13.2 Å². The van der Waals surface area contributed by atoms with Gasteiger partial charge in [-0.1, -0.05) is 6.42 Å². The molecule has 1 aliphatic heterocycles. The summed E-state index contributed by atoms with van der Waals surface area (Å²) in [6.07, 6.45) is 3.96. The van der Waals surface area contributed by atoms with E-state index in [2.05, 4.69) is 4.72 Å². The summed E-state index contributed by atoms with van der Waals surface area (Å²) in [5.74, 6) is 0. The zero-order valence-electron chi connectivity index (χ0n) is 9.19. The van der Waals surface area contributed by atoms with Crippen LogP contribution in [0.5, 0.6) is 0 Å². The molecule has 6 heteroatoms. The van der Waals surface area contributed by atoms with Crippen molar-refractivity contribution in [1.29, 1.82) is 0 Å². The Morgan fingerprint density at radius 1 is 1.12 bits per heavy atom. The van der Waals surface area contributed by atoms with Gasteiger partial charge >= 0.3 is 0 Å². The quantitative estimate of drug-likeness (QED) is 0.783. The monoisotopic (exact) mass is 267 g/mol. The van der Waals surface area contributed by atoms with Gasteiger partial charge in [0.15, 0.2) is 0 Å². The minimum absolute atomic E-state index is 0.0467. The Kier molecular flexibility index (Phi) is 4.11. The second-order valence-corrected chi connectivity index (χ2v) is 7.08. The van der Waals surface area contributed by atoms with Gasteiger partial charge in [-0.3, -0.25) is 0 Å². The summed E-state index contributed by atoms with van der Waals surface area (Å²) >= 11 is 6.07. The van der Waals surface area contributed by atoms with Crippen molar-refractivity contribution in [2.45, 2.75) is 48.8 Å². The van der Waals surface area contributed by atoms with Gasteiger partial charge in [0.25, 0.3) is 0 Å². The topological polar surface area (TPSA) is 55.4 Å². The van der Waals surface area contributed by atoms with Gasteiger partial charge in [0.1, 0.15) is 0 Å². The van der Waals surface area contributed by atoms with E-state index in [1.165, 1.54) is 0 Å². The van der Waals surface area contributed by atoms with E-state index in [9.17, 15) is 8.42 Å². The first-order valence-electron chi connectivity index (χ1n) is 5.82. The summed E-state index contributed by atoms with van der Waals surface area (Å²) in [7, 11) is -3.21. The van der Waals surface area contributed by atoms with Crippen LogP contribution in [0.1, 0.15) is 32.1 Å². The highest BCUT2D eigenvalue weighted by Gasteiger charge is 2.34. The Balaban J connectivity index is 1.96. The fourth-order valence-electron chi connectivity index (χ4n) is 2.34. The molecule has 1 heterocycles. The molecule has 1 saturated heterocycles. The molecule has 2 unspecified atom stereocenters. The molecule has 0 bridgehead atoms. The molecular formula is C10H18ClNO3S. The van der Waals surface area contributed by atoms with Crippen LogP contribution in [-0.2, 0) is 14.8 Å². The lowest BCUT2D eigenvalue weighted by Gasteiger charge is -2.25. The molecule has 1 saturated carbocycles. The van der Waals surface area contributed by atoms with Gasteiger partial charge < -0.3 is 4.74 Å². The van der Waals surface area contributed by atoms with E-state index in [1.54, 1.807) is 0 Å². The van der Waals surface area contributed by atoms with Gasteiger partial charge in [-0.2, -0.15) is 0 Å². The largest absolute Gasteiger partial charge is 0.381 e. The van der Waals surface area contributed by atoms with E-state index in [0.717, 1.165) is 19.3 Å². The zero-order valence-corrected chi connectivity index (χ0v) is 10.8. The van der Waals surface area contributed by atoms with Gasteiger partial charge in [0.05, 0.1) is 5.25 Å². The van der Waals surface area contributed by atoms with E-state index in [-0.39, 0.29) is 16.7 Å². The molecule has 1 aliphatic carbocycles. The summed E-state index contributed by atoms with van der Waals surface area (Å²) in [4.78, 5) is 0. The summed E-state index contributed by atoms with van der Waals surface area (Å²) in [5, 5.41) is -0.347. The molecule has 2 rings (SSSR count). The first-order chi connectivity index (χ1) is 7.59. The number of ether oxygens (including phenoxy) is 1. The Labute approximate surface area is 102 Å². The highest BCUT2D eigenvalue weighted by Crippen LogP contribution is 2.26. The maximum Gasteiger partial charge on any atom is 0.214 e. The Morgan fingerprint density at radius 2 is 1.81 bits per heavy atom. The second-order valence-electron chi connectivity index (χ2n) is 4.53. The van der Waals surface area contributed by atoms with Crippen LogP contribution in [0.2, 0.25) is 0 Å². The molecule has 2 atom stereocenters. The van der Waals surface area contributed by atoms with Crippen molar-refractivity contribution >= 4 is 21.6 Å². The third-order valence-electron chi connectivity index (χ3n) is 3.35. The van der Waals surface area contributed by atoms with E-state index < -0.39 is 10.0 Å². The van der Waals surface area contributed by atoms with Crippen LogP contribution in [0, 0.1) is 0 Å². The third kappa shape index (κ3) is 2.88. The lowest BCUT2D eigenvalue weighted by molar-refractivity contribution is 0.0981. The van der Waals surface area contributed by atoms with Crippen LogP contribution in [0.3, 0.4) is 0 Å². The lowest BCUT2D eigenvalue weighted by Crippen LogP contribution is -2.44. The van der Waals surface area contributed by atoms with Crippen molar-refractivity contribution in [2.24, 2.45) is 0 Å². The Morgan fingerprint density at radius 3 is 2.38 bits per heavy atom. The maximum absolute atomic E-state index is 12.1. The molecule has 0 spiro atoms. The SMILES string of the molecule is O=S(=O)(NC1CCCC1Cl)C1CCOCC1. The average Bonchev–Trinajstić information content (AvgIpc) is 2.65. The smallest absolute Gasteiger partial charge is 0.214 e. The second kappa shape index (κ2) is 5.21. The number of nitrogens with one attached hydrogen (secondary N) is 1. The van der Waals surface area contributed by atoms with Crippen LogP contribution in [-0.4, -0.2) is 38.3 Å². The molecule has 0 amide bonds. The minimum Gasteiger partial charge on any atom is -0.381 e. The number of halogens is 1. The highest BCUT2D eigenvalue weighted by molar-refractivity contribution is 7.90. The standard InChI is InChI=1S/C10H18ClNO3S/c11-9-2-1-3-10(9)12-16(13,14)8-4-6-15-7-5-8/h8-10,12H,1-7H2. The van der Waals surface area contributed by atoms with E-state index >= 15 is 0 Å². The van der Waals surface area contributed by atoms with Gasteiger partial charge in [0.2, 0.25) is 10.0 Å². The molecule has 0 aromatic heterocycles. The number of hydrogen-bond acceptors (Lipinski definition) is 3. The number of rotatable bonds is 3. The van der Waals surface area contributed by atoms with Crippen LogP contribution in [0.25, 0.3) is 0 Å². The molecule has 1 N–H and O–H groups in total. The normalized spacial score (nSPS) is 33.1. The minimum atomic E-state index is -3.21. The molecule has 2 aliphatic rings. The van der Waals surface area contributed by atoms with Crippen molar-refractivity contribution in [3.05, 3.63) is 0 Å². The number of hydrogen-bond donors (Lipinski definition) is 1. The van der Waals surface area contributed by atoms with Gasteiger partial charge in [0, 0.05) is 24.6 Å². The summed E-state index contributed by atoms with van der Waals surface area (Å²) < 4.78 is 32.1. The van der Waals surface area contributed by atoms with Crippen LogP contribution in [0.4, 0.5) is 0 Å². The lowest BCUT2D eigenvalue weighted by atomic mass is 10.2. The van der Waals surface area contributed by atoms with Gasteiger partial charge in [-0.15, -0.1) is 11.6 Å².